The Morgan fingerprint density at radius 1 is 0.750 bits per heavy atom. The molecule has 0 radical (unpaired) electrons. The van der Waals surface area contributed by atoms with Crippen LogP contribution in [0.5, 0.6) is 0 Å². The molecule has 0 bridgehead atoms. The molecule has 1 aliphatic heterocycles. The van der Waals surface area contributed by atoms with Gasteiger partial charge >= 0.3 is 8.80 Å². The molecule has 1 saturated heterocycles. The summed E-state index contributed by atoms with van der Waals surface area (Å²) in [4.78, 5) is 0. The lowest BCUT2D eigenvalue weighted by Gasteiger charge is -2.47. The first kappa shape index (κ1) is 30.0. The largest absolute Gasteiger partial charge is 0.532 e. The second-order valence-corrected chi connectivity index (χ2v) is 13.8. The van der Waals surface area contributed by atoms with Gasteiger partial charge in [0.25, 0.3) is 5.97 Å². The third-order valence-electron chi connectivity index (χ3n) is 4.44. The lowest BCUT2D eigenvalue weighted by atomic mass is 10.2. The van der Waals surface area contributed by atoms with Gasteiger partial charge in [-0.1, -0.05) is 20.8 Å². The van der Waals surface area contributed by atoms with Crippen molar-refractivity contribution >= 4 is 8.80 Å². The third-order valence-corrected chi connectivity index (χ3v) is 8.46. The fourth-order valence-electron chi connectivity index (χ4n) is 3.47. The minimum absolute atomic E-state index is 0.428. The minimum atomic E-state index is -3.39. The van der Waals surface area contributed by atoms with Gasteiger partial charge in [0.1, 0.15) is 5.73 Å². The number of rotatable bonds is 11. The third kappa shape index (κ3) is 10.1. The summed E-state index contributed by atoms with van der Waals surface area (Å²) < 4.78 is 44.6. The second kappa shape index (κ2) is 11.6. The molecule has 1 aliphatic rings. The zero-order chi connectivity index (χ0) is 24.8. The molecule has 0 saturated carbocycles. The van der Waals surface area contributed by atoms with E-state index in [0.717, 1.165) is 6.42 Å². The predicted octanol–water partition coefficient (Wildman–Crippen LogP) is 5.96. The van der Waals surface area contributed by atoms with Gasteiger partial charge in [-0.05, 0) is 81.6 Å². The number of hydrogen-bond acceptors (Lipinski definition) is 7. The molecule has 0 aromatic heterocycles. The van der Waals surface area contributed by atoms with Crippen LogP contribution in [0.15, 0.2) is 0 Å². The molecule has 1 heterocycles. The second-order valence-electron chi connectivity index (χ2n) is 11.3. The van der Waals surface area contributed by atoms with Gasteiger partial charge in [0.2, 0.25) is 0 Å². The predicted molar refractivity (Wildman–Crippen MR) is 128 cm³/mol. The Morgan fingerprint density at radius 2 is 1.19 bits per heavy atom. The van der Waals surface area contributed by atoms with Crippen molar-refractivity contribution in [2.75, 3.05) is 13.2 Å². The van der Waals surface area contributed by atoms with E-state index in [4.69, 9.17) is 32.2 Å². The molecule has 8 heteroatoms. The first-order valence-corrected chi connectivity index (χ1v) is 14.0. The summed E-state index contributed by atoms with van der Waals surface area (Å²) in [5, 5.41) is 0. The Hall–Kier alpha value is -0.0631. The van der Waals surface area contributed by atoms with Crippen molar-refractivity contribution < 1.29 is 32.2 Å². The Labute approximate surface area is 198 Å². The molecule has 0 amide bonds. The van der Waals surface area contributed by atoms with Crippen LogP contribution in [0.4, 0.5) is 0 Å². The number of hydrogen-bond donors (Lipinski definition) is 0. The van der Waals surface area contributed by atoms with Gasteiger partial charge in [0.05, 0.1) is 30.0 Å². The highest BCUT2D eigenvalue weighted by atomic mass is 28.4. The van der Waals surface area contributed by atoms with Crippen molar-refractivity contribution in [1.82, 2.24) is 0 Å². The van der Waals surface area contributed by atoms with Gasteiger partial charge in [-0.3, -0.25) is 4.74 Å². The Balaban J connectivity index is 3.32. The Kier molecular flexibility index (Phi) is 10.8. The fraction of sp³-hybridized carbons (Fsp3) is 1.00. The minimum Gasteiger partial charge on any atom is -0.367 e. The number of ether oxygens (including phenoxy) is 4. The molecule has 1 fully saturated rings. The molecule has 0 aromatic carbocycles. The standard InChI is InChI=1S/C24H50O7Si/c1-13-19(28-24(15-3)25-17-16-18-26-24)27-20(14-2)32(29-21(4,5)6,30-22(7,8)9)31-23(10,11)12/h19-20H,13-18H2,1-12H3. The molecule has 7 nitrogen and oxygen atoms in total. The van der Waals surface area contributed by atoms with E-state index >= 15 is 0 Å². The molecule has 1 rings (SSSR count). The van der Waals surface area contributed by atoms with Crippen molar-refractivity contribution in [3.63, 3.8) is 0 Å². The molecule has 0 aliphatic carbocycles. The average molecular weight is 479 g/mol. The summed E-state index contributed by atoms with van der Waals surface area (Å²) in [5.74, 6) is -1.08. The summed E-state index contributed by atoms with van der Waals surface area (Å²) in [6.07, 6.45) is 2.14. The van der Waals surface area contributed by atoms with Gasteiger partial charge < -0.3 is 27.5 Å². The molecule has 0 N–H and O–H groups in total. The molecule has 2 unspecified atom stereocenters. The molecule has 0 spiro atoms. The van der Waals surface area contributed by atoms with Crippen molar-refractivity contribution in [3.8, 4) is 0 Å². The summed E-state index contributed by atoms with van der Waals surface area (Å²) in [7, 11) is -3.39. The first-order valence-electron chi connectivity index (χ1n) is 12.2. The molecular formula is C24H50O7Si. The van der Waals surface area contributed by atoms with Crippen LogP contribution in [0, 0.1) is 0 Å². The van der Waals surface area contributed by atoms with Crippen molar-refractivity contribution in [2.24, 2.45) is 0 Å². The average Bonchev–Trinajstić information content (AvgIpc) is 2.61. The smallest absolute Gasteiger partial charge is 0.367 e. The normalized spacial score (nSPS) is 20.2. The SMILES string of the molecule is CCC(OC(CC)[Si](OC(C)(C)C)(OC(C)(C)C)OC(C)(C)C)OC1(CC)OCCCO1. The fourth-order valence-corrected chi connectivity index (χ4v) is 7.37. The maximum atomic E-state index is 6.67. The van der Waals surface area contributed by atoms with E-state index in [9.17, 15) is 0 Å². The zero-order valence-electron chi connectivity index (χ0n) is 22.8. The van der Waals surface area contributed by atoms with Gasteiger partial charge in [-0.25, -0.2) is 0 Å². The van der Waals surface area contributed by atoms with E-state index in [-0.39, 0.29) is 0 Å². The zero-order valence-corrected chi connectivity index (χ0v) is 23.8. The van der Waals surface area contributed by atoms with E-state index in [0.29, 0.717) is 32.5 Å². The first-order chi connectivity index (χ1) is 14.5. The summed E-state index contributed by atoms with van der Waals surface area (Å²) >= 11 is 0. The lowest BCUT2D eigenvalue weighted by molar-refractivity contribution is -0.436. The molecule has 192 valence electrons. The van der Waals surface area contributed by atoms with Crippen LogP contribution < -0.4 is 0 Å². The summed E-state index contributed by atoms with van der Waals surface area (Å²) in [6, 6.07) is 0. The lowest BCUT2D eigenvalue weighted by Crippen LogP contribution is -2.65. The van der Waals surface area contributed by atoms with Crippen LogP contribution in [0.2, 0.25) is 0 Å². The maximum Gasteiger partial charge on any atom is 0.532 e. The van der Waals surface area contributed by atoms with E-state index < -0.39 is 43.6 Å². The van der Waals surface area contributed by atoms with E-state index in [2.05, 4.69) is 6.92 Å². The van der Waals surface area contributed by atoms with E-state index in [1.165, 1.54) is 0 Å². The van der Waals surface area contributed by atoms with Crippen LogP contribution in [0.3, 0.4) is 0 Å². The van der Waals surface area contributed by atoms with Crippen molar-refractivity contribution in [1.29, 1.82) is 0 Å². The summed E-state index contributed by atoms with van der Waals surface area (Å²) in [6.45, 7) is 25.4. The van der Waals surface area contributed by atoms with Crippen LogP contribution in [0.25, 0.3) is 0 Å². The highest BCUT2D eigenvalue weighted by Gasteiger charge is 2.57. The van der Waals surface area contributed by atoms with Gasteiger partial charge in [-0.2, -0.15) is 0 Å². The quantitative estimate of drug-likeness (QED) is 0.268. The van der Waals surface area contributed by atoms with Gasteiger partial charge in [0, 0.05) is 6.42 Å². The monoisotopic (exact) mass is 478 g/mol. The van der Waals surface area contributed by atoms with E-state index in [1.54, 1.807) is 0 Å². The topological polar surface area (TPSA) is 64.6 Å². The summed E-state index contributed by atoms with van der Waals surface area (Å²) in [5.41, 5.74) is -1.88. The van der Waals surface area contributed by atoms with Crippen LogP contribution in [-0.2, 0) is 32.2 Å². The van der Waals surface area contributed by atoms with Crippen LogP contribution >= 0.6 is 0 Å². The Morgan fingerprint density at radius 3 is 1.50 bits per heavy atom. The molecular weight excluding hydrogens is 428 g/mol. The maximum absolute atomic E-state index is 6.67. The van der Waals surface area contributed by atoms with Crippen molar-refractivity contribution in [2.45, 2.75) is 144 Å². The molecule has 2 atom stereocenters. The van der Waals surface area contributed by atoms with Gasteiger partial charge in [-0.15, -0.1) is 0 Å². The van der Waals surface area contributed by atoms with Crippen LogP contribution in [0.1, 0.15) is 109 Å². The molecule has 32 heavy (non-hydrogen) atoms. The Bertz CT molecular complexity index is 501. The molecule has 0 aromatic rings. The highest BCUT2D eigenvalue weighted by Crippen LogP contribution is 2.35. The van der Waals surface area contributed by atoms with Gasteiger partial charge in [0.15, 0.2) is 6.29 Å². The van der Waals surface area contributed by atoms with Crippen LogP contribution in [-0.4, -0.2) is 56.8 Å². The van der Waals surface area contributed by atoms with E-state index in [1.807, 2.05) is 76.2 Å². The van der Waals surface area contributed by atoms with Crippen molar-refractivity contribution in [3.05, 3.63) is 0 Å². The highest BCUT2D eigenvalue weighted by molar-refractivity contribution is 6.62.